The fraction of sp³-hybridized carbons (Fsp3) is 0.0959. The van der Waals surface area contributed by atoms with Gasteiger partial charge in [0, 0.05) is 68.3 Å². The van der Waals surface area contributed by atoms with Crippen molar-refractivity contribution in [1.82, 2.24) is 0 Å². The van der Waals surface area contributed by atoms with Gasteiger partial charge in [0.25, 0.3) is 0 Å². The molecule has 0 saturated carbocycles. The fourth-order valence-corrected chi connectivity index (χ4v) is 12.7. The summed E-state index contributed by atoms with van der Waals surface area (Å²) < 4.78 is 0. The molecule has 0 amide bonds. The van der Waals surface area contributed by atoms with Gasteiger partial charge in [-0.15, -0.1) is 0 Å². The number of hydrogen-bond acceptors (Lipinski definition) is 4. The second-order valence-electron chi connectivity index (χ2n) is 20.5. The molecule has 0 fully saturated rings. The summed E-state index contributed by atoms with van der Waals surface area (Å²) in [6.07, 6.45) is 27.2. The summed E-state index contributed by atoms with van der Waals surface area (Å²) in [6, 6.07) is 83.6. The Morgan fingerprint density at radius 3 is 0.727 bits per heavy atom. The van der Waals surface area contributed by atoms with Crippen molar-refractivity contribution in [2.75, 3.05) is 19.6 Å². The number of anilines is 9. The van der Waals surface area contributed by atoms with Gasteiger partial charge in [0.15, 0.2) is 0 Å². The van der Waals surface area contributed by atoms with Crippen molar-refractivity contribution in [2.45, 2.75) is 43.9 Å². The molecule has 1 spiro atoms. The molecule has 5 aliphatic rings. The zero-order valence-corrected chi connectivity index (χ0v) is 43.1. The molecule has 0 saturated heterocycles. The van der Waals surface area contributed by atoms with Gasteiger partial charge >= 0.3 is 0 Å². The summed E-state index contributed by atoms with van der Waals surface area (Å²) in [5.74, 6) is 0. The summed E-state index contributed by atoms with van der Waals surface area (Å²) in [7, 11) is 0. The Balaban J connectivity index is 1.09. The zero-order valence-electron chi connectivity index (χ0n) is 43.1. The van der Waals surface area contributed by atoms with Gasteiger partial charge < -0.3 is 19.6 Å². The highest BCUT2D eigenvalue weighted by Gasteiger charge is 2.53. The number of nitrogens with zero attached hydrogens (tertiary/aromatic N) is 4. The van der Waals surface area contributed by atoms with Crippen LogP contribution in [0.3, 0.4) is 0 Å². The van der Waals surface area contributed by atoms with E-state index in [1.165, 1.54) is 61.6 Å². The maximum absolute atomic E-state index is 2.54. The van der Waals surface area contributed by atoms with Crippen LogP contribution in [0.5, 0.6) is 0 Å². The van der Waals surface area contributed by atoms with Gasteiger partial charge in [-0.05, 0) is 210 Å². The predicted molar refractivity (Wildman–Crippen MR) is 323 cm³/mol. The molecule has 4 heteroatoms. The third-order valence-electron chi connectivity index (χ3n) is 16.0. The standard InChI is InChI=1S/C73H58N4/c1-9-25-53(26-10-1)74(54-27-11-2-12-28-54)61-41-45-65-66-46-42-62(75(55-29-13-3-14-30-55)56-31-15-4-16-32-56)50-70(66)73(69(65)49-61)71-51-63(76(57-33-17-5-18-34-57)58-35-19-6-20-36-58)43-47-67(71)68-48-44-64(52-72(68)73)77(59-37-21-7-22-38-59)60-39-23-8-24-40-60/h1-3,5,7,9-15,17-19,21-23,25-52H,4,6,8,16,20,24H2. The molecule has 0 heterocycles. The van der Waals surface area contributed by atoms with Gasteiger partial charge in [0.1, 0.15) is 0 Å². The van der Waals surface area contributed by atoms with Crippen LogP contribution in [-0.2, 0) is 5.41 Å². The van der Waals surface area contributed by atoms with Crippen molar-refractivity contribution >= 4 is 51.2 Å². The number of hydrogen-bond donors (Lipinski definition) is 0. The van der Waals surface area contributed by atoms with Crippen molar-refractivity contribution in [3.05, 3.63) is 318 Å². The highest BCUT2D eigenvalue weighted by molar-refractivity contribution is 5.99. The first-order chi connectivity index (χ1) is 38.2. The average molecular weight is 991 g/mol. The van der Waals surface area contributed by atoms with E-state index in [0.29, 0.717) is 0 Å². The van der Waals surface area contributed by atoms with Gasteiger partial charge in [-0.1, -0.05) is 152 Å². The maximum Gasteiger partial charge on any atom is 0.0728 e. The Labute approximate surface area is 453 Å². The highest BCUT2D eigenvalue weighted by Crippen LogP contribution is 2.65. The van der Waals surface area contributed by atoms with Crippen molar-refractivity contribution in [1.29, 1.82) is 0 Å². The third kappa shape index (κ3) is 7.99. The van der Waals surface area contributed by atoms with Crippen LogP contribution in [0, 0.1) is 0 Å². The smallest absolute Gasteiger partial charge is 0.0728 e. The van der Waals surface area contributed by atoms with Crippen LogP contribution in [0.15, 0.2) is 296 Å². The minimum atomic E-state index is -0.774. The van der Waals surface area contributed by atoms with Gasteiger partial charge in [-0.3, -0.25) is 0 Å². The zero-order chi connectivity index (χ0) is 51.1. The van der Waals surface area contributed by atoms with Crippen LogP contribution >= 0.6 is 0 Å². The Morgan fingerprint density at radius 1 is 0.234 bits per heavy atom. The lowest BCUT2D eigenvalue weighted by molar-refractivity contribution is 0.792. The quantitative estimate of drug-likeness (QED) is 0.121. The summed E-state index contributed by atoms with van der Waals surface area (Å²) >= 11 is 0. The second kappa shape index (κ2) is 19.7. The molecule has 77 heavy (non-hydrogen) atoms. The van der Waals surface area contributed by atoms with E-state index in [9.17, 15) is 0 Å². The molecule has 0 aliphatic heterocycles. The van der Waals surface area contributed by atoms with E-state index < -0.39 is 5.41 Å². The molecule has 9 aromatic rings. The lowest BCUT2D eigenvalue weighted by Gasteiger charge is -2.35. The number of rotatable bonds is 12. The lowest BCUT2D eigenvalue weighted by atomic mass is 9.70. The van der Waals surface area contributed by atoms with Crippen LogP contribution in [-0.4, -0.2) is 0 Å². The van der Waals surface area contributed by atoms with Gasteiger partial charge in [0.05, 0.1) is 5.41 Å². The molecule has 9 aromatic carbocycles. The van der Waals surface area contributed by atoms with Gasteiger partial charge in [-0.2, -0.15) is 0 Å². The van der Waals surface area contributed by atoms with Gasteiger partial charge in [-0.25, -0.2) is 0 Å². The molecule has 5 aliphatic carbocycles. The largest absolute Gasteiger partial charge is 0.311 e. The summed E-state index contributed by atoms with van der Waals surface area (Å²) in [6.45, 7) is 0. The molecule has 14 rings (SSSR count). The lowest BCUT2D eigenvalue weighted by Crippen LogP contribution is -2.28. The van der Waals surface area contributed by atoms with Crippen LogP contribution in [0.25, 0.3) is 22.3 Å². The first-order valence-electron chi connectivity index (χ1n) is 27.4. The summed E-state index contributed by atoms with van der Waals surface area (Å²) in [4.78, 5) is 9.81. The van der Waals surface area contributed by atoms with Crippen molar-refractivity contribution < 1.29 is 0 Å². The van der Waals surface area contributed by atoms with Crippen LogP contribution < -0.4 is 19.6 Å². The number of fused-ring (bicyclic) bond motifs is 10. The molecule has 0 unspecified atom stereocenters. The number of para-hydroxylation sites is 5. The summed E-state index contributed by atoms with van der Waals surface area (Å²) in [5.41, 5.74) is 23.0. The summed E-state index contributed by atoms with van der Waals surface area (Å²) in [5, 5.41) is 0. The van der Waals surface area contributed by atoms with E-state index in [-0.39, 0.29) is 0 Å². The topological polar surface area (TPSA) is 13.0 Å². The predicted octanol–water partition coefficient (Wildman–Crippen LogP) is 19.6. The Bertz CT molecular complexity index is 3580. The number of benzene rings is 9. The minimum absolute atomic E-state index is 0.774. The first kappa shape index (κ1) is 46.2. The van der Waals surface area contributed by atoms with Gasteiger partial charge in [0.2, 0.25) is 0 Å². The van der Waals surface area contributed by atoms with E-state index in [1.54, 1.807) is 0 Å². The highest BCUT2D eigenvalue weighted by atomic mass is 15.2. The first-order valence-corrected chi connectivity index (χ1v) is 27.4. The van der Waals surface area contributed by atoms with Crippen LogP contribution in [0.1, 0.15) is 60.8 Å². The maximum atomic E-state index is 2.54. The Kier molecular flexibility index (Phi) is 11.8. The van der Waals surface area contributed by atoms with Crippen molar-refractivity contribution in [3.8, 4) is 22.3 Å². The SMILES string of the molecule is C1=CC(N(c2ccccc2)c2ccc3c(c2)C2(c4cc(N(C5=CCCC=C5)c5ccccc5)ccc4-3)c3cc(N(C4=CCCC=C4)c4ccccc4)ccc3-c3ccc(N(c4ccccc4)c4ccccc4)cc32)=CCC1. The normalized spacial score (nSPS) is 15.1. The monoisotopic (exact) mass is 990 g/mol. The molecule has 0 aromatic heterocycles. The van der Waals surface area contributed by atoms with E-state index >= 15 is 0 Å². The fourth-order valence-electron chi connectivity index (χ4n) is 12.7. The molecule has 0 N–H and O–H groups in total. The molecule has 370 valence electrons. The van der Waals surface area contributed by atoms with E-state index in [2.05, 4.69) is 299 Å². The van der Waals surface area contributed by atoms with E-state index in [1.807, 2.05) is 0 Å². The van der Waals surface area contributed by atoms with Crippen molar-refractivity contribution in [3.63, 3.8) is 0 Å². The van der Waals surface area contributed by atoms with E-state index in [4.69, 9.17) is 0 Å². The Hall–Kier alpha value is -9.38. The van der Waals surface area contributed by atoms with Crippen molar-refractivity contribution in [2.24, 2.45) is 0 Å². The van der Waals surface area contributed by atoms with Crippen LogP contribution in [0.2, 0.25) is 0 Å². The molecule has 0 radical (unpaired) electrons. The number of allylic oxidation sites excluding steroid dienone is 9. The minimum Gasteiger partial charge on any atom is -0.311 e. The molecular weight excluding hydrogens is 933 g/mol. The molecular formula is C73H58N4. The van der Waals surface area contributed by atoms with E-state index in [0.717, 1.165) is 89.7 Å². The third-order valence-corrected chi connectivity index (χ3v) is 16.0. The van der Waals surface area contributed by atoms with Crippen LogP contribution in [0.4, 0.5) is 51.2 Å². The molecule has 4 nitrogen and oxygen atoms in total. The molecule has 0 atom stereocenters. The molecule has 0 bridgehead atoms. The Morgan fingerprint density at radius 2 is 0.481 bits per heavy atom. The second-order valence-corrected chi connectivity index (χ2v) is 20.5. The average Bonchev–Trinajstić information content (AvgIpc) is 4.12.